The van der Waals surface area contributed by atoms with Crippen LogP contribution < -0.4 is 0 Å². The zero-order chi connectivity index (χ0) is 40.8. The molecule has 17 heteroatoms. The second-order valence-corrected chi connectivity index (χ2v) is 17.3. The van der Waals surface area contributed by atoms with E-state index in [1.807, 2.05) is 22.6 Å². The van der Waals surface area contributed by atoms with E-state index in [0.29, 0.717) is 36.7 Å². The van der Waals surface area contributed by atoms with Gasteiger partial charge in [0, 0.05) is 39.1 Å². The molecule has 312 valence electrons. The molecule has 0 aromatic carbocycles. The summed E-state index contributed by atoms with van der Waals surface area (Å²) in [6, 6.07) is 0. The van der Waals surface area contributed by atoms with E-state index in [1.165, 1.54) is 6.42 Å². The van der Waals surface area contributed by atoms with Crippen molar-refractivity contribution in [1.82, 2.24) is 0 Å². The molecule has 8 unspecified atom stereocenters. The van der Waals surface area contributed by atoms with Gasteiger partial charge in [-0.05, 0) is 95.3 Å². The highest BCUT2D eigenvalue weighted by Gasteiger charge is 2.58. The molecule has 0 spiro atoms. The van der Waals surface area contributed by atoms with Crippen LogP contribution in [0.5, 0.6) is 0 Å². The van der Waals surface area contributed by atoms with Gasteiger partial charge >= 0.3 is 0 Å². The lowest BCUT2D eigenvalue weighted by Crippen LogP contribution is -2.51. The van der Waals surface area contributed by atoms with Crippen LogP contribution in [-0.2, 0) is 14.2 Å². The molecule has 16 nitrogen and oxygen atoms in total. The van der Waals surface area contributed by atoms with E-state index in [9.17, 15) is 56.2 Å². The van der Waals surface area contributed by atoms with Crippen LogP contribution in [0, 0.1) is 28.6 Å². The fourth-order valence-corrected chi connectivity index (χ4v) is 9.73. The summed E-state index contributed by atoms with van der Waals surface area (Å²) in [5.41, 5.74) is 0.540. The second kappa shape index (κ2) is 19.5. The lowest BCUT2D eigenvalue weighted by molar-refractivity contribution is -0.175. The average molecular weight is 889 g/mol. The Morgan fingerprint density at radius 2 is 1.20 bits per heavy atom. The molecule has 0 amide bonds. The topological polar surface area (TPSA) is 291 Å². The van der Waals surface area contributed by atoms with E-state index in [1.54, 1.807) is 0 Å². The predicted octanol–water partition coefficient (Wildman–Crippen LogP) is 2.82. The molecule has 12 atom stereocenters. The molecule has 0 radical (unpaired) electrons. The minimum absolute atomic E-state index is 0.0631. The molecule has 3 saturated carbocycles. The number of hydrogen-bond donors (Lipinski definition) is 13. The van der Waals surface area contributed by atoms with E-state index in [2.05, 4.69) is 27.4 Å². The highest BCUT2D eigenvalue weighted by atomic mass is 127. The van der Waals surface area contributed by atoms with E-state index in [-0.39, 0.29) is 16.7 Å². The van der Waals surface area contributed by atoms with Crippen molar-refractivity contribution in [3.63, 3.8) is 0 Å². The molecule has 3 aliphatic carbocycles. The molecule has 0 aromatic heterocycles. The molecule has 0 aromatic rings. The van der Waals surface area contributed by atoms with Crippen LogP contribution >= 0.6 is 22.6 Å². The van der Waals surface area contributed by atoms with Crippen molar-refractivity contribution in [2.45, 2.75) is 132 Å². The van der Waals surface area contributed by atoms with Crippen molar-refractivity contribution in [3.8, 4) is 0 Å². The maximum atomic E-state index is 11.8. The largest absolute Gasteiger partial charge is 0.506 e. The summed E-state index contributed by atoms with van der Waals surface area (Å²) in [4.78, 5) is 0. The minimum atomic E-state index is -2.62. The quantitative estimate of drug-likeness (QED) is 0.0310. The zero-order valence-corrected chi connectivity index (χ0v) is 33.4. The Kier molecular flexibility index (Phi) is 16.8. The van der Waals surface area contributed by atoms with Crippen LogP contribution in [0.15, 0.2) is 46.7 Å². The maximum absolute atomic E-state index is 11.8. The van der Waals surface area contributed by atoms with E-state index in [4.69, 9.17) is 24.4 Å². The first-order chi connectivity index (χ1) is 25.2. The first-order valence-electron chi connectivity index (χ1n) is 18.5. The van der Waals surface area contributed by atoms with Crippen molar-refractivity contribution < 1.29 is 80.6 Å². The van der Waals surface area contributed by atoms with Crippen molar-refractivity contribution in [2.24, 2.45) is 28.6 Å². The fourth-order valence-electron chi connectivity index (χ4n) is 8.99. The van der Waals surface area contributed by atoms with Crippen LogP contribution in [0.3, 0.4) is 0 Å². The van der Waals surface area contributed by atoms with Crippen LogP contribution in [0.1, 0.15) is 91.4 Å². The highest BCUT2D eigenvalue weighted by Crippen LogP contribution is 2.66. The van der Waals surface area contributed by atoms with Gasteiger partial charge in [0.25, 0.3) is 12.6 Å². The number of hydrogen-bond acceptors (Lipinski definition) is 16. The summed E-state index contributed by atoms with van der Waals surface area (Å²) in [6.07, 6.45) is -7.73. The van der Waals surface area contributed by atoms with E-state index < -0.39 is 114 Å². The molecule has 3 aliphatic rings. The summed E-state index contributed by atoms with van der Waals surface area (Å²) >= 11 is 2.02. The first kappa shape index (κ1) is 46.5. The molecule has 3 rings (SSSR count). The van der Waals surface area contributed by atoms with Gasteiger partial charge in [0.15, 0.2) is 23.0 Å². The van der Waals surface area contributed by atoms with Gasteiger partial charge in [0.05, 0.1) is 0 Å². The Hall–Kier alpha value is -1.91. The predicted molar refractivity (Wildman–Crippen MR) is 201 cm³/mol. The van der Waals surface area contributed by atoms with Crippen LogP contribution in [-0.4, -0.2) is 127 Å². The smallest absolute Gasteiger partial charge is 0.259 e. The lowest BCUT2D eigenvalue weighted by Gasteiger charge is -2.60. The van der Waals surface area contributed by atoms with Crippen LogP contribution in [0.4, 0.5) is 0 Å². The third-order valence-corrected chi connectivity index (χ3v) is 13.4. The standard InChI is InChI=1S/C37H61IO16/c1-19-6-5-12-36(4)21(19)7-13-35(3)18-20(2)37(38,14-8-25(35)36)54-34(51)31(53-33(50)29(48)27(46)23(43)10-16-40)30(24(44)11-17-41)52-32(49)28(47)26(45)22(42)9-15-39/h19,21-25,32-34,39-51H,2,5-18H2,1,3-4H3/b28-26-,29-27-,31-30+/t19-,21?,22?,23?,24?,25+,32?,33?,34?,35+,36+,37?/m0/s1. The number of ether oxygens (including phenoxy) is 3. The van der Waals surface area contributed by atoms with Gasteiger partial charge in [-0.2, -0.15) is 0 Å². The summed E-state index contributed by atoms with van der Waals surface area (Å²) in [6.45, 7) is 9.36. The van der Waals surface area contributed by atoms with Crippen LogP contribution in [0.2, 0.25) is 0 Å². The molecule has 54 heavy (non-hydrogen) atoms. The molecule has 0 heterocycles. The van der Waals surface area contributed by atoms with Gasteiger partial charge in [-0.25, -0.2) is 0 Å². The molecule has 0 aliphatic heterocycles. The number of aliphatic hydroxyl groups excluding tert-OH is 13. The first-order valence-corrected chi connectivity index (χ1v) is 19.6. The molecular weight excluding hydrogens is 827 g/mol. The molecule has 0 bridgehead atoms. The summed E-state index contributed by atoms with van der Waals surface area (Å²) in [7, 11) is 0. The number of halogens is 1. The normalized spacial score (nSPS) is 33.6. The summed E-state index contributed by atoms with van der Waals surface area (Å²) in [5.74, 6) is -5.79. The summed E-state index contributed by atoms with van der Waals surface area (Å²) < 4.78 is 15.7. The Morgan fingerprint density at radius 1 is 0.704 bits per heavy atom. The van der Waals surface area contributed by atoms with Crippen LogP contribution in [0.25, 0.3) is 0 Å². The van der Waals surface area contributed by atoms with Crippen molar-refractivity contribution in [2.75, 3.05) is 19.8 Å². The van der Waals surface area contributed by atoms with Crippen molar-refractivity contribution in [3.05, 3.63) is 46.7 Å². The number of aliphatic hydroxyl groups is 13. The Bertz CT molecular complexity index is 1370. The maximum Gasteiger partial charge on any atom is 0.259 e. The molecular formula is C37H61IO16. The summed E-state index contributed by atoms with van der Waals surface area (Å²) in [5, 5.41) is 134. The second-order valence-electron chi connectivity index (χ2n) is 15.5. The third kappa shape index (κ3) is 10.3. The van der Waals surface area contributed by atoms with Gasteiger partial charge in [-0.3, -0.25) is 0 Å². The number of alkyl halides is 1. The van der Waals surface area contributed by atoms with E-state index >= 15 is 0 Å². The van der Waals surface area contributed by atoms with Crippen molar-refractivity contribution in [1.29, 1.82) is 0 Å². The molecule has 3 fully saturated rings. The van der Waals surface area contributed by atoms with Gasteiger partial charge < -0.3 is 80.6 Å². The fraction of sp³-hybridized carbons (Fsp3) is 0.784. The Morgan fingerprint density at radius 3 is 1.72 bits per heavy atom. The van der Waals surface area contributed by atoms with E-state index in [0.717, 1.165) is 25.7 Å². The number of fused-ring (bicyclic) bond motifs is 3. The Labute approximate surface area is 329 Å². The average Bonchev–Trinajstić information content (AvgIpc) is 3.21. The Balaban J connectivity index is 2.11. The van der Waals surface area contributed by atoms with Gasteiger partial charge in [-0.1, -0.05) is 40.2 Å². The lowest BCUT2D eigenvalue weighted by atomic mass is 9.45. The van der Waals surface area contributed by atoms with Crippen molar-refractivity contribution >= 4 is 22.6 Å². The zero-order valence-electron chi connectivity index (χ0n) is 31.2. The monoisotopic (exact) mass is 888 g/mol. The molecule has 0 saturated heterocycles. The highest BCUT2D eigenvalue weighted by molar-refractivity contribution is 14.1. The number of rotatable bonds is 18. The SMILES string of the molecule is C=C1C[C@@]2(C)CCC3[C@@H](C)CCC[C@@]3(C)[C@@H]2CCC1(I)OC(O)/C(OC(O)/C(O)=C(/O)C(O)CCO)=C(\OC(O)/C(O)=C(/O)C(O)CCO)C(O)CCO. The molecule has 13 N–H and O–H groups in total. The van der Waals surface area contributed by atoms with Gasteiger partial charge in [0.1, 0.15) is 21.9 Å². The van der Waals surface area contributed by atoms with Gasteiger partial charge in [-0.15, -0.1) is 0 Å². The minimum Gasteiger partial charge on any atom is -0.506 e. The third-order valence-electron chi connectivity index (χ3n) is 11.8. The van der Waals surface area contributed by atoms with Gasteiger partial charge in [0.2, 0.25) is 17.8 Å².